The number of hydrogen-bond acceptors (Lipinski definition) is 4. The third-order valence-electron chi connectivity index (χ3n) is 3.60. The van der Waals surface area contributed by atoms with Crippen LogP contribution in [0.2, 0.25) is 0 Å². The van der Waals surface area contributed by atoms with Crippen molar-refractivity contribution in [1.82, 2.24) is 10.2 Å². The number of benzene rings is 2. The second-order valence-corrected chi connectivity index (χ2v) is 5.72. The van der Waals surface area contributed by atoms with E-state index in [1.54, 1.807) is 0 Å². The average Bonchev–Trinajstić information content (AvgIpc) is 2.64. The van der Waals surface area contributed by atoms with Gasteiger partial charge in [0.05, 0.1) is 12.0 Å². The van der Waals surface area contributed by atoms with Gasteiger partial charge in [0.25, 0.3) is 0 Å². The quantitative estimate of drug-likeness (QED) is 0.696. The molecule has 2 aromatic carbocycles. The molecule has 0 bridgehead atoms. The maximum Gasteiger partial charge on any atom is 0.416 e. The molecule has 1 amide bonds. The number of rotatable bonds is 5. The van der Waals surface area contributed by atoms with Crippen molar-refractivity contribution in [2.75, 3.05) is 10.6 Å². The molecule has 0 aliphatic carbocycles. The van der Waals surface area contributed by atoms with E-state index in [-0.39, 0.29) is 29.7 Å². The van der Waals surface area contributed by atoms with Gasteiger partial charge < -0.3 is 10.6 Å². The Bertz CT molecular complexity index is 912. The lowest BCUT2D eigenvalue weighted by Crippen LogP contribution is -2.15. The number of carbonyl (C=O) groups is 1. The van der Waals surface area contributed by atoms with Crippen LogP contribution in [0.4, 0.5) is 30.5 Å². The molecular formula is C19H15F3N4O. The van der Waals surface area contributed by atoms with Crippen LogP contribution in [0.25, 0.3) is 0 Å². The number of anilines is 3. The van der Waals surface area contributed by atoms with Crippen molar-refractivity contribution >= 4 is 23.2 Å². The van der Waals surface area contributed by atoms with E-state index in [1.807, 2.05) is 30.3 Å². The zero-order valence-corrected chi connectivity index (χ0v) is 14.0. The van der Waals surface area contributed by atoms with E-state index in [0.29, 0.717) is 0 Å². The number of amides is 1. The highest BCUT2D eigenvalue weighted by Gasteiger charge is 2.30. The van der Waals surface area contributed by atoms with Gasteiger partial charge in [-0.25, -0.2) is 0 Å². The maximum atomic E-state index is 12.7. The van der Waals surface area contributed by atoms with Crippen molar-refractivity contribution < 1.29 is 18.0 Å². The minimum absolute atomic E-state index is 0.201. The molecule has 0 radical (unpaired) electrons. The lowest BCUT2D eigenvalue weighted by Gasteiger charge is -2.10. The molecule has 5 nitrogen and oxygen atoms in total. The molecule has 27 heavy (non-hydrogen) atoms. The van der Waals surface area contributed by atoms with Crippen molar-refractivity contribution in [2.24, 2.45) is 0 Å². The highest BCUT2D eigenvalue weighted by atomic mass is 19.4. The summed E-state index contributed by atoms with van der Waals surface area (Å²) in [5, 5.41) is 13.1. The molecule has 3 rings (SSSR count). The van der Waals surface area contributed by atoms with Crippen LogP contribution in [0.3, 0.4) is 0 Å². The topological polar surface area (TPSA) is 66.9 Å². The summed E-state index contributed by atoms with van der Waals surface area (Å²) in [6.07, 6.45) is -4.22. The lowest BCUT2D eigenvalue weighted by molar-refractivity contribution is -0.137. The van der Waals surface area contributed by atoms with E-state index >= 15 is 0 Å². The summed E-state index contributed by atoms with van der Waals surface area (Å²) in [7, 11) is 0. The van der Waals surface area contributed by atoms with E-state index in [0.717, 1.165) is 17.7 Å². The summed E-state index contributed by atoms with van der Waals surface area (Å²) in [5.41, 5.74) is 0.344. The van der Waals surface area contributed by atoms with Crippen molar-refractivity contribution in [3.05, 3.63) is 77.9 Å². The van der Waals surface area contributed by atoms with Crippen molar-refractivity contribution in [2.45, 2.75) is 12.6 Å². The molecule has 138 valence electrons. The number of nitrogens with zero attached hydrogens (tertiary/aromatic N) is 2. The second kappa shape index (κ2) is 7.86. The first-order chi connectivity index (χ1) is 12.9. The summed E-state index contributed by atoms with van der Waals surface area (Å²) in [4.78, 5) is 12.0. The largest absolute Gasteiger partial charge is 0.416 e. The highest BCUT2D eigenvalue weighted by Crippen LogP contribution is 2.31. The molecular weight excluding hydrogens is 357 g/mol. The zero-order valence-electron chi connectivity index (χ0n) is 14.0. The Labute approximate surface area is 153 Å². The third kappa shape index (κ3) is 5.27. The van der Waals surface area contributed by atoms with Gasteiger partial charge in [-0.2, -0.15) is 13.2 Å². The van der Waals surface area contributed by atoms with Crippen LogP contribution in [-0.2, 0) is 17.4 Å². The SMILES string of the molecule is O=C(Cc1ccccc1)Nc1ccc(Nc2cccc(C(F)(F)F)c2)nn1. The molecule has 8 heteroatoms. The Hall–Kier alpha value is -3.42. The van der Waals surface area contributed by atoms with Gasteiger partial charge in [-0.15, -0.1) is 10.2 Å². The Balaban J connectivity index is 1.61. The predicted molar refractivity (Wildman–Crippen MR) is 95.5 cm³/mol. The first-order valence-corrected chi connectivity index (χ1v) is 8.02. The minimum Gasteiger partial charge on any atom is -0.339 e. The Morgan fingerprint density at radius 2 is 1.59 bits per heavy atom. The first kappa shape index (κ1) is 18.4. The van der Waals surface area contributed by atoms with Gasteiger partial charge in [-0.05, 0) is 35.9 Å². The molecule has 0 spiro atoms. The van der Waals surface area contributed by atoms with Gasteiger partial charge in [0.1, 0.15) is 0 Å². The summed E-state index contributed by atoms with van der Waals surface area (Å²) in [5.74, 6) is 0.273. The number of hydrogen-bond donors (Lipinski definition) is 2. The molecule has 0 saturated carbocycles. The molecule has 2 N–H and O–H groups in total. The molecule has 0 saturated heterocycles. The third-order valence-corrected chi connectivity index (χ3v) is 3.60. The van der Waals surface area contributed by atoms with Gasteiger partial charge in [-0.1, -0.05) is 36.4 Å². The monoisotopic (exact) mass is 372 g/mol. The lowest BCUT2D eigenvalue weighted by atomic mass is 10.1. The molecule has 0 aliphatic heterocycles. The highest BCUT2D eigenvalue weighted by molar-refractivity contribution is 5.91. The molecule has 1 heterocycles. The first-order valence-electron chi connectivity index (χ1n) is 8.02. The summed E-state index contributed by atoms with van der Waals surface area (Å²) < 4.78 is 38.2. The van der Waals surface area contributed by atoms with E-state index in [2.05, 4.69) is 20.8 Å². The van der Waals surface area contributed by atoms with Gasteiger partial charge in [0.2, 0.25) is 5.91 Å². The van der Waals surface area contributed by atoms with E-state index in [1.165, 1.54) is 24.3 Å². The van der Waals surface area contributed by atoms with E-state index in [9.17, 15) is 18.0 Å². The van der Waals surface area contributed by atoms with E-state index < -0.39 is 11.7 Å². The fourth-order valence-electron chi connectivity index (χ4n) is 2.36. The van der Waals surface area contributed by atoms with Crippen LogP contribution in [0.1, 0.15) is 11.1 Å². The second-order valence-electron chi connectivity index (χ2n) is 5.72. The molecule has 0 atom stereocenters. The molecule has 3 aromatic rings. The number of aromatic nitrogens is 2. The van der Waals surface area contributed by atoms with Crippen LogP contribution in [-0.4, -0.2) is 16.1 Å². The van der Waals surface area contributed by atoms with Gasteiger partial charge >= 0.3 is 6.18 Å². The van der Waals surface area contributed by atoms with Crippen molar-refractivity contribution in [1.29, 1.82) is 0 Å². The fraction of sp³-hybridized carbons (Fsp3) is 0.105. The predicted octanol–water partition coefficient (Wildman–Crippen LogP) is 4.42. The van der Waals surface area contributed by atoms with Crippen LogP contribution in [0, 0.1) is 0 Å². The Kier molecular flexibility index (Phi) is 5.35. The Morgan fingerprint density at radius 3 is 2.26 bits per heavy atom. The smallest absolute Gasteiger partial charge is 0.339 e. The summed E-state index contributed by atoms with van der Waals surface area (Å²) >= 11 is 0. The number of halogens is 3. The standard InChI is InChI=1S/C19H15F3N4O/c20-19(21,22)14-7-4-8-15(12-14)23-16-9-10-17(26-25-16)24-18(27)11-13-5-2-1-3-6-13/h1-10,12H,11H2,(H,23,25)(H,24,26,27). The van der Waals surface area contributed by atoms with Gasteiger partial charge in [-0.3, -0.25) is 4.79 Å². The normalized spacial score (nSPS) is 11.1. The van der Waals surface area contributed by atoms with Crippen molar-refractivity contribution in [3.63, 3.8) is 0 Å². The maximum absolute atomic E-state index is 12.7. The molecule has 0 fully saturated rings. The number of carbonyl (C=O) groups excluding carboxylic acids is 1. The van der Waals surface area contributed by atoms with Crippen molar-refractivity contribution in [3.8, 4) is 0 Å². The van der Waals surface area contributed by atoms with Gasteiger partial charge in [0, 0.05) is 5.69 Å². The summed E-state index contributed by atoms with van der Waals surface area (Å²) in [6.45, 7) is 0. The average molecular weight is 372 g/mol. The van der Waals surface area contributed by atoms with Crippen LogP contribution >= 0.6 is 0 Å². The summed E-state index contributed by atoms with van der Waals surface area (Å²) in [6, 6.07) is 17.0. The molecule has 0 unspecified atom stereocenters. The van der Waals surface area contributed by atoms with Crippen LogP contribution in [0.5, 0.6) is 0 Å². The van der Waals surface area contributed by atoms with Gasteiger partial charge in [0.15, 0.2) is 11.6 Å². The van der Waals surface area contributed by atoms with E-state index in [4.69, 9.17) is 0 Å². The minimum atomic E-state index is -4.42. The van der Waals surface area contributed by atoms with Crippen LogP contribution < -0.4 is 10.6 Å². The zero-order chi connectivity index (χ0) is 19.3. The molecule has 1 aromatic heterocycles. The fourth-order valence-corrected chi connectivity index (χ4v) is 2.36. The van der Waals surface area contributed by atoms with Crippen LogP contribution in [0.15, 0.2) is 66.7 Å². The number of alkyl halides is 3. The molecule has 0 aliphatic rings. The Morgan fingerprint density at radius 1 is 0.889 bits per heavy atom. The number of nitrogens with one attached hydrogen (secondary N) is 2.